The molecule has 1 aliphatic rings. The van der Waals surface area contributed by atoms with Crippen molar-refractivity contribution in [2.75, 3.05) is 19.8 Å². The molecule has 0 bridgehead atoms. The van der Waals surface area contributed by atoms with E-state index in [0.717, 1.165) is 16.7 Å². The summed E-state index contributed by atoms with van der Waals surface area (Å²) in [4.78, 5) is 38.8. The fraction of sp³-hybridized carbons (Fsp3) is 0.174. The Morgan fingerprint density at radius 2 is 1.88 bits per heavy atom. The van der Waals surface area contributed by atoms with Gasteiger partial charge in [-0.2, -0.15) is 0 Å². The molecule has 6 nitrogen and oxygen atoms in total. The average Bonchev–Trinajstić information content (AvgIpc) is 3.01. The molecule has 1 fully saturated rings. The summed E-state index contributed by atoms with van der Waals surface area (Å²) in [6.07, 6.45) is 3.12. The molecule has 0 N–H and O–H groups in total. The summed E-state index contributed by atoms with van der Waals surface area (Å²) in [6.45, 7) is 5.70. The van der Waals surface area contributed by atoms with Gasteiger partial charge in [0.2, 0.25) is 0 Å². The number of carbonyl (C=O) groups is 3. The largest absolute Gasteiger partial charge is 0.490 e. The first-order valence-corrected chi connectivity index (χ1v) is 11.2. The molecule has 0 aliphatic carbocycles. The molecule has 2 aromatic carbocycles. The number of hydrogen-bond acceptors (Lipinski definition) is 6. The van der Waals surface area contributed by atoms with Crippen LogP contribution in [-0.4, -0.2) is 41.6 Å². The van der Waals surface area contributed by atoms with E-state index < -0.39 is 11.1 Å². The predicted molar refractivity (Wildman–Crippen MR) is 127 cm³/mol. The zero-order valence-electron chi connectivity index (χ0n) is 17.1. The van der Waals surface area contributed by atoms with Crippen LogP contribution in [-0.2, 0) is 4.79 Å². The molecule has 2 aromatic rings. The lowest BCUT2D eigenvalue weighted by Gasteiger charge is -2.13. The molecular weight excluding hydrogens is 473 g/mol. The van der Waals surface area contributed by atoms with E-state index in [1.54, 1.807) is 42.5 Å². The van der Waals surface area contributed by atoms with Crippen molar-refractivity contribution in [2.24, 2.45) is 0 Å². The number of carbonyl (C=O) groups excluding carboxylic acids is 3. The Hall–Kier alpha value is -2.74. The van der Waals surface area contributed by atoms with Gasteiger partial charge in [0.05, 0.1) is 23.1 Å². The standard InChI is InChI=1S/C23H19Cl2NO5S/c1-3-9-31-21-17(25)10-14(11-19(21)30-4-2)12-20-22(28)26(23(29)32-20)13-18(27)15-5-7-16(24)8-6-15/h3,5-8,10-12H,1,4,9,13H2,2H3/b20-12+. The van der Waals surface area contributed by atoms with Crippen LogP contribution in [0, 0.1) is 0 Å². The number of amides is 2. The summed E-state index contributed by atoms with van der Waals surface area (Å²) in [6, 6.07) is 9.52. The summed E-state index contributed by atoms with van der Waals surface area (Å²) in [5.41, 5.74) is 0.916. The van der Waals surface area contributed by atoms with E-state index in [9.17, 15) is 14.4 Å². The van der Waals surface area contributed by atoms with Crippen LogP contribution in [0.4, 0.5) is 4.79 Å². The maximum absolute atomic E-state index is 12.8. The van der Waals surface area contributed by atoms with Gasteiger partial charge in [-0.3, -0.25) is 19.3 Å². The number of benzene rings is 2. The average molecular weight is 492 g/mol. The van der Waals surface area contributed by atoms with Crippen LogP contribution in [0.2, 0.25) is 10.0 Å². The third-order valence-corrected chi connectivity index (χ3v) is 5.76. The van der Waals surface area contributed by atoms with Crippen molar-refractivity contribution >= 4 is 58.0 Å². The van der Waals surface area contributed by atoms with Gasteiger partial charge in [-0.15, -0.1) is 0 Å². The second-order valence-electron chi connectivity index (χ2n) is 6.56. The quantitative estimate of drug-likeness (QED) is 0.248. The van der Waals surface area contributed by atoms with Crippen LogP contribution < -0.4 is 9.47 Å². The number of nitrogens with zero attached hydrogens (tertiary/aromatic N) is 1. The fourth-order valence-electron chi connectivity index (χ4n) is 2.87. The highest BCUT2D eigenvalue weighted by atomic mass is 35.5. The minimum Gasteiger partial charge on any atom is -0.490 e. The number of imide groups is 1. The van der Waals surface area contributed by atoms with Crippen LogP contribution in [0.25, 0.3) is 6.08 Å². The molecule has 2 amide bonds. The summed E-state index contributed by atoms with van der Waals surface area (Å²) < 4.78 is 11.2. The van der Waals surface area contributed by atoms with Crippen molar-refractivity contribution in [3.63, 3.8) is 0 Å². The number of Topliss-reactive ketones (excluding diaryl/α,β-unsaturated/α-hetero) is 1. The van der Waals surface area contributed by atoms with Crippen LogP contribution in [0.1, 0.15) is 22.8 Å². The molecule has 9 heteroatoms. The SMILES string of the molecule is C=CCOc1c(Cl)cc(/C=C2/SC(=O)N(CC(=O)c3ccc(Cl)cc3)C2=O)cc1OCC. The molecule has 0 spiro atoms. The van der Waals surface area contributed by atoms with Gasteiger partial charge in [0.1, 0.15) is 6.61 Å². The Bertz CT molecular complexity index is 1100. The zero-order chi connectivity index (χ0) is 23.3. The molecule has 1 saturated heterocycles. The molecule has 0 radical (unpaired) electrons. The second kappa shape index (κ2) is 10.7. The van der Waals surface area contributed by atoms with Gasteiger partial charge in [0.25, 0.3) is 11.1 Å². The molecule has 1 aliphatic heterocycles. The van der Waals surface area contributed by atoms with Crippen molar-refractivity contribution in [1.29, 1.82) is 0 Å². The highest BCUT2D eigenvalue weighted by Crippen LogP contribution is 2.39. The van der Waals surface area contributed by atoms with E-state index in [-0.39, 0.29) is 23.8 Å². The number of rotatable bonds is 9. The first kappa shape index (κ1) is 23.9. The van der Waals surface area contributed by atoms with Gasteiger partial charge in [0, 0.05) is 10.6 Å². The Kier molecular flexibility index (Phi) is 8.01. The summed E-state index contributed by atoms with van der Waals surface area (Å²) >= 11 is 12.9. The maximum atomic E-state index is 12.8. The number of halogens is 2. The van der Waals surface area contributed by atoms with Crippen molar-refractivity contribution in [3.8, 4) is 11.5 Å². The first-order chi connectivity index (χ1) is 15.3. The van der Waals surface area contributed by atoms with Gasteiger partial charge in [-0.05, 0) is 66.7 Å². The minimum atomic E-state index is -0.552. The van der Waals surface area contributed by atoms with Gasteiger partial charge < -0.3 is 9.47 Å². The lowest BCUT2D eigenvalue weighted by atomic mass is 10.1. The first-order valence-electron chi connectivity index (χ1n) is 9.58. The molecule has 0 saturated carbocycles. The molecule has 1 heterocycles. The van der Waals surface area contributed by atoms with Gasteiger partial charge >= 0.3 is 0 Å². The summed E-state index contributed by atoms with van der Waals surface area (Å²) in [5, 5.41) is 0.258. The van der Waals surface area contributed by atoms with Crippen molar-refractivity contribution in [1.82, 2.24) is 4.90 Å². The fourth-order valence-corrected chi connectivity index (χ4v) is 4.11. The predicted octanol–water partition coefficient (Wildman–Crippen LogP) is 5.88. The zero-order valence-corrected chi connectivity index (χ0v) is 19.4. The van der Waals surface area contributed by atoms with Crippen molar-refractivity contribution < 1.29 is 23.9 Å². The molecular formula is C23H19Cl2NO5S. The van der Waals surface area contributed by atoms with Crippen molar-refractivity contribution in [3.05, 3.63) is 75.1 Å². The Labute approximate surface area is 199 Å². The normalized spacial score (nSPS) is 14.7. The van der Waals surface area contributed by atoms with E-state index in [1.807, 2.05) is 6.92 Å². The lowest BCUT2D eigenvalue weighted by Crippen LogP contribution is -2.33. The van der Waals surface area contributed by atoms with Gasteiger partial charge in [-0.1, -0.05) is 35.9 Å². The van der Waals surface area contributed by atoms with E-state index in [1.165, 1.54) is 6.08 Å². The third kappa shape index (κ3) is 5.54. The topological polar surface area (TPSA) is 72.9 Å². The molecule has 0 unspecified atom stereocenters. The van der Waals surface area contributed by atoms with E-state index >= 15 is 0 Å². The van der Waals surface area contributed by atoms with Crippen LogP contribution in [0.15, 0.2) is 54.0 Å². The molecule has 0 atom stereocenters. The van der Waals surface area contributed by atoms with Gasteiger partial charge in [-0.25, -0.2) is 0 Å². The summed E-state index contributed by atoms with van der Waals surface area (Å²) in [7, 11) is 0. The molecule has 32 heavy (non-hydrogen) atoms. The Morgan fingerprint density at radius 3 is 2.53 bits per heavy atom. The van der Waals surface area contributed by atoms with E-state index in [4.69, 9.17) is 32.7 Å². The van der Waals surface area contributed by atoms with Crippen LogP contribution in [0.5, 0.6) is 11.5 Å². The number of ketones is 1. The minimum absolute atomic E-state index is 0.178. The number of ether oxygens (including phenoxy) is 2. The summed E-state index contributed by atoms with van der Waals surface area (Å²) in [5.74, 6) is -0.142. The highest BCUT2D eigenvalue weighted by Gasteiger charge is 2.36. The van der Waals surface area contributed by atoms with E-state index in [0.29, 0.717) is 39.3 Å². The van der Waals surface area contributed by atoms with Gasteiger partial charge in [0.15, 0.2) is 17.3 Å². The Balaban J connectivity index is 1.82. The number of thioether (sulfide) groups is 1. The van der Waals surface area contributed by atoms with Crippen LogP contribution in [0.3, 0.4) is 0 Å². The molecule has 3 rings (SSSR count). The second-order valence-corrected chi connectivity index (χ2v) is 8.40. The third-order valence-electron chi connectivity index (χ3n) is 4.32. The van der Waals surface area contributed by atoms with Crippen molar-refractivity contribution in [2.45, 2.75) is 6.92 Å². The molecule has 0 aromatic heterocycles. The number of hydrogen-bond donors (Lipinski definition) is 0. The lowest BCUT2D eigenvalue weighted by molar-refractivity contribution is -0.122. The monoisotopic (exact) mass is 491 g/mol. The maximum Gasteiger partial charge on any atom is 0.293 e. The van der Waals surface area contributed by atoms with E-state index in [2.05, 4.69) is 6.58 Å². The molecule has 166 valence electrons. The highest BCUT2D eigenvalue weighted by molar-refractivity contribution is 8.18. The van der Waals surface area contributed by atoms with Crippen LogP contribution >= 0.6 is 35.0 Å². The smallest absolute Gasteiger partial charge is 0.293 e. The Morgan fingerprint density at radius 1 is 1.16 bits per heavy atom.